The van der Waals surface area contributed by atoms with Crippen LogP contribution in [0.1, 0.15) is 39.5 Å². The number of carboxylic acid groups (broad SMARTS) is 1. The van der Waals surface area contributed by atoms with E-state index in [1.165, 1.54) is 0 Å². The molecule has 1 fully saturated rings. The van der Waals surface area contributed by atoms with E-state index in [1.54, 1.807) is 0 Å². The fourth-order valence-corrected chi connectivity index (χ4v) is 2.55. The molecule has 1 unspecified atom stereocenters. The standard InChI is InChI=1S/C13H25NO3/c1-3-5-13(12(15)16)6-7-14(11-13)8-10-17-9-4-2/h3-11H2,1-2H3,(H,15,16). The number of nitrogens with zero attached hydrogens (tertiary/aromatic N) is 1. The molecule has 0 aromatic rings. The van der Waals surface area contributed by atoms with Crippen molar-refractivity contribution in [1.29, 1.82) is 0 Å². The van der Waals surface area contributed by atoms with Crippen molar-refractivity contribution in [2.75, 3.05) is 32.8 Å². The van der Waals surface area contributed by atoms with Crippen LogP contribution in [-0.2, 0) is 9.53 Å². The van der Waals surface area contributed by atoms with Crippen LogP contribution in [0.4, 0.5) is 0 Å². The Balaban J connectivity index is 2.35. The monoisotopic (exact) mass is 243 g/mol. The molecule has 1 heterocycles. The summed E-state index contributed by atoms with van der Waals surface area (Å²) in [4.78, 5) is 13.6. The number of likely N-dealkylation sites (tertiary alicyclic amines) is 1. The Morgan fingerprint density at radius 3 is 2.71 bits per heavy atom. The first-order valence-corrected chi connectivity index (χ1v) is 6.68. The van der Waals surface area contributed by atoms with Gasteiger partial charge in [0.15, 0.2) is 0 Å². The quantitative estimate of drug-likeness (QED) is 0.662. The van der Waals surface area contributed by atoms with Crippen molar-refractivity contribution in [3.8, 4) is 0 Å². The molecule has 0 bridgehead atoms. The van der Waals surface area contributed by atoms with Gasteiger partial charge in [-0.2, -0.15) is 0 Å². The lowest BCUT2D eigenvalue weighted by Gasteiger charge is -2.24. The third-order valence-corrected chi connectivity index (χ3v) is 3.52. The highest BCUT2D eigenvalue weighted by Crippen LogP contribution is 2.35. The summed E-state index contributed by atoms with van der Waals surface area (Å²) in [7, 11) is 0. The number of hydrogen-bond acceptors (Lipinski definition) is 3. The van der Waals surface area contributed by atoms with Gasteiger partial charge in [-0.05, 0) is 25.8 Å². The minimum absolute atomic E-state index is 0.500. The van der Waals surface area contributed by atoms with Crippen LogP contribution in [0.3, 0.4) is 0 Å². The predicted octanol–water partition coefficient (Wildman–Crippen LogP) is 1.99. The lowest BCUT2D eigenvalue weighted by molar-refractivity contribution is -0.148. The van der Waals surface area contributed by atoms with E-state index in [1.807, 2.05) is 0 Å². The van der Waals surface area contributed by atoms with Crippen LogP contribution in [0.25, 0.3) is 0 Å². The maximum absolute atomic E-state index is 11.4. The summed E-state index contributed by atoms with van der Waals surface area (Å²) in [5, 5.41) is 9.36. The van der Waals surface area contributed by atoms with Gasteiger partial charge in [-0.15, -0.1) is 0 Å². The normalized spacial score (nSPS) is 25.3. The number of ether oxygens (including phenoxy) is 1. The molecule has 1 saturated heterocycles. The van der Waals surface area contributed by atoms with E-state index in [-0.39, 0.29) is 0 Å². The summed E-state index contributed by atoms with van der Waals surface area (Å²) in [5.74, 6) is -0.628. The molecule has 4 nitrogen and oxygen atoms in total. The van der Waals surface area contributed by atoms with Gasteiger partial charge in [-0.3, -0.25) is 9.69 Å². The Morgan fingerprint density at radius 2 is 2.12 bits per heavy atom. The largest absolute Gasteiger partial charge is 0.481 e. The van der Waals surface area contributed by atoms with Crippen LogP contribution < -0.4 is 0 Å². The van der Waals surface area contributed by atoms with Crippen molar-refractivity contribution in [3.63, 3.8) is 0 Å². The minimum atomic E-state index is -0.628. The molecule has 0 spiro atoms. The predicted molar refractivity (Wildman–Crippen MR) is 67.1 cm³/mol. The third-order valence-electron chi connectivity index (χ3n) is 3.52. The SMILES string of the molecule is CCCOCCN1CCC(CCC)(C(=O)O)C1. The molecule has 100 valence electrons. The molecule has 17 heavy (non-hydrogen) atoms. The van der Waals surface area contributed by atoms with E-state index in [4.69, 9.17) is 4.74 Å². The van der Waals surface area contributed by atoms with Crippen LogP contribution >= 0.6 is 0 Å². The van der Waals surface area contributed by atoms with Crippen LogP contribution in [0.5, 0.6) is 0 Å². The molecule has 1 rings (SSSR count). The first-order chi connectivity index (χ1) is 8.14. The molecule has 1 aliphatic heterocycles. The highest BCUT2D eigenvalue weighted by atomic mass is 16.5. The molecular weight excluding hydrogens is 218 g/mol. The lowest BCUT2D eigenvalue weighted by atomic mass is 9.83. The molecule has 0 aromatic carbocycles. The Bertz CT molecular complexity index is 245. The second kappa shape index (κ2) is 6.97. The number of aliphatic carboxylic acids is 1. The van der Waals surface area contributed by atoms with Gasteiger partial charge in [-0.25, -0.2) is 0 Å². The summed E-state index contributed by atoms with van der Waals surface area (Å²) in [6.45, 7) is 8.10. The number of carbonyl (C=O) groups is 1. The highest BCUT2D eigenvalue weighted by Gasteiger charge is 2.43. The highest BCUT2D eigenvalue weighted by molar-refractivity contribution is 5.75. The van der Waals surface area contributed by atoms with Gasteiger partial charge in [-0.1, -0.05) is 20.3 Å². The Kier molecular flexibility index (Phi) is 5.92. The van der Waals surface area contributed by atoms with E-state index >= 15 is 0 Å². The lowest BCUT2D eigenvalue weighted by Crippen LogP contribution is -2.35. The van der Waals surface area contributed by atoms with Gasteiger partial charge in [0.05, 0.1) is 12.0 Å². The number of hydrogen-bond donors (Lipinski definition) is 1. The molecule has 4 heteroatoms. The van der Waals surface area contributed by atoms with Gasteiger partial charge in [0.25, 0.3) is 0 Å². The second-order valence-corrected chi connectivity index (χ2v) is 4.97. The zero-order valence-electron chi connectivity index (χ0n) is 11.1. The van der Waals surface area contributed by atoms with Crippen LogP contribution in [0, 0.1) is 5.41 Å². The summed E-state index contributed by atoms with van der Waals surface area (Å²) >= 11 is 0. The van der Waals surface area contributed by atoms with E-state index < -0.39 is 11.4 Å². The first kappa shape index (κ1) is 14.5. The molecule has 0 saturated carbocycles. The third kappa shape index (κ3) is 3.96. The average Bonchev–Trinajstić information content (AvgIpc) is 2.70. The Morgan fingerprint density at radius 1 is 1.35 bits per heavy atom. The molecular formula is C13H25NO3. The fourth-order valence-electron chi connectivity index (χ4n) is 2.55. The van der Waals surface area contributed by atoms with Crippen LogP contribution in [0.15, 0.2) is 0 Å². The van der Waals surface area contributed by atoms with Crippen LogP contribution in [0.2, 0.25) is 0 Å². The van der Waals surface area contributed by atoms with Gasteiger partial charge in [0.1, 0.15) is 0 Å². The van der Waals surface area contributed by atoms with Gasteiger partial charge in [0, 0.05) is 19.7 Å². The molecule has 0 amide bonds. The topological polar surface area (TPSA) is 49.8 Å². The maximum Gasteiger partial charge on any atom is 0.310 e. The first-order valence-electron chi connectivity index (χ1n) is 6.68. The van der Waals surface area contributed by atoms with E-state index in [2.05, 4.69) is 18.7 Å². The molecule has 0 aromatic heterocycles. The smallest absolute Gasteiger partial charge is 0.310 e. The maximum atomic E-state index is 11.4. The van der Waals surface area contributed by atoms with Gasteiger partial charge >= 0.3 is 5.97 Å². The Labute approximate surface area is 104 Å². The van der Waals surface area contributed by atoms with Crippen molar-refractivity contribution >= 4 is 5.97 Å². The van der Waals surface area contributed by atoms with Crippen molar-refractivity contribution < 1.29 is 14.6 Å². The van der Waals surface area contributed by atoms with Gasteiger partial charge in [0.2, 0.25) is 0 Å². The molecule has 1 atom stereocenters. The molecule has 0 aliphatic carbocycles. The molecule has 1 aliphatic rings. The second-order valence-electron chi connectivity index (χ2n) is 4.97. The average molecular weight is 243 g/mol. The van der Waals surface area contributed by atoms with E-state index in [0.717, 1.165) is 52.0 Å². The van der Waals surface area contributed by atoms with Gasteiger partial charge < -0.3 is 9.84 Å². The summed E-state index contributed by atoms with van der Waals surface area (Å²) in [5.41, 5.74) is -0.500. The van der Waals surface area contributed by atoms with E-state index in [9.17, 15) is 9.90 Å². The van der Waals surface area contributed by atoms with Crippen molar-refractivity contribution in [3.05, 3.63) is 0 Å². The summed E-state index contributed by atoms with van der Waals surface area (Å²) in [6, 6.07) is 0. The molecule has 1 N–H and O–H groups in total. The van der Waals surface area contributed by atoms with Crippen LogP contribution in [-0.4, -0.2) is 48.8 Å². The molecule has 0 radical (unpaired) electrons. The van der Waals surface area contributed by atoms with Crippen molar-refractivity contribution in [1.82, 2.24) is 4.90 Å². The summed E-state index contributed by atoms with van der Waals surface area (Å²) < 4.78 is 5.44. The van der Waals surface area contributed by atoms with Crippen molar-refractivity contribution in [2.45, 2.75) is 39.5 Å². The number of carboxylic acids is 1. The Hall–Kier alpha value is -0.610. The zero-order chi connectivity index (χ0) is 12.7. The van der Waals surface area contributed by atoms with Crippen molar-refractivity contribution in [2.24, 2.45) is 5.41 Å². The fraction of sp³-hybridized carbons (Fsp3) is 0.923. The van der Waals surface area contributed by atoms with E-state index in [0.29, 0.717) is 6.54 Å². The minimum Gasteiger partial charge on any atom is -0.481 e. The summed E-state index contributed by atoms with van der Waals surface area (Å²) in [6.07, 6.45) is 3.54. The zero-order valence-corrected chi connectivity index (χ0v) is 11.1. The number of rotatable bonds is 8.